The van der Waals surface area contributed by atoms with Gasteiger partial charge in [-0.15, -0.1) is 11.3 Å². The van der Waals surface area contributed by atoms with E-state index in [1.165, 1.54) is 22.9 Å². The summed E-state index contributed by atoms with van der Waals surface area (Å²) in [6.07, 6.45) is 3.29. The third kappa shape index (κ3) is 4.35. The molecule has 0 unspecified atom stereocenters. The molecule has 4 aromatic rings. The fourth-order valence-corrected chi connectivity index (χ4v) is 6.27. The number of fused-ring (bicyclic) bond motifs is 5. The normalized spacial score (nSPS) is 15.0. The van der Waals surface area contributed by atoms with E-state index in [1.807, 2.05) is 31.2 Å². The minimum absolute atomic E-state index is 0.0561. The summed E-state index contributed by atoms with van der Waals surface area (Å²) in [6, 6.07) is 7.80. The van der Waals surface area contributed by atoms with Crippen molar-refractivity contribution >= 4 is 55.1 Å². The van der Waals surface area contributed by atoms with E-state index < -0.39 is 0 Å². The van der Waals surface area contributed by atoms with Crippen LogP contribution in [0, 0.1) is 6.92 Å². The molecule has 0 saturated carbocycles. The van der Waals surface area contributed by atoms with E-state index >= 15 is 0 Å². The highest BCUT2D eigenvalue weighted by Crippen LogP contribution is 2.42. The molecule has 8 heteroatoms. The van der Waals surface area contributed by atoms with Crippen LogP contribution in [0.4, 0.5) is 5.69 Å². The second-order valence-electron chi connectivity index (χ2n) is 8.94. The van der Waals surface area contributed by atoms with Gasteiger partial charge in [0, 0.05) is 28.8 Å². The SMILES string of the molecule is CCc1nc2sc3c(SCC(=O)Nc4ccc(C)cc4)ncnc3c2c2c1COC(C)(C)C2. The topological polar surface area (TPSA) is 77.0 Å². The highest BCUT2D eigenvalue weighted by atomic mass is 32.2. The number of ether oxygens (including phenoxy) is 1. The Morgan fingerprint density at radius 1 is 1.21 bits per heavy atom. The van der Waals surface area contributed by atoms with Crippen molar-refractivity contribution in [3.8, 4) is 0 Å². The number of hydrogen-bond acceptors (Lipinski definition) is 7. The number of anilines is 1. The lowest BCUT2D eigenvalue weighted by molar-refractivity contribution is -0.113. The number of nitrogens with one attached hydrogen (secondary N) is 1. The van der Waals surface area contributed by atoms with Crippen molar-refractivity contribution in [2.24, 2.45) is 0 Å². The number of amides is 1. The van der Waals surface area contributed by atoms with Gasteiger partial charge in [0.25, 0.3) is 0 Å². The maximum Gasteiger partial charge on any atom is 0.234 e. The first-order valence-corrected chi connectivity index (χ1v) is 12.9. The van der Waals surface area contributed by atoms with Crippen LogP contribution < -0.4 is 5.32 Å². The Kier molecular flexibility index (Phi) is 5.84. The average molecular weight is 479 g/mol. The second-order valence-corrected chi connectivity index (χ2v) is 10.9. The van der Waals surface area contributed by atoms with Crippen molar-refractivity contribution in [2.75, 3.05) is 11.1 Å². The van der Waals surface area contributed by atoms with E-state index in [0.717, 1.165) is 55.2 Å². The number of hydrogen-bond donors (Lipinski definition) is 1. The lowest BCUT2D eigenvalue weighted by Gasteiger charge is -2.33. The smallest absolute Gasteiger partial charge is 0.234 e. The van der Waals surface area contributed by atoms with E-state index in [9.17, 15) is 4.79 Å². The van der Waals surface area contributed by atoms with Crippen LogP contribution in [0.25, 0.3) is 20.4 Å². The minimum Gasteiger partial charge on any atom is -0.370 e. The van der Waals surface area contributed by atoms with Crippen LogP contribution in [-0.2, 0) is 29.0 Å². The average Bonchev–Trinajstić information content (AvgIpc) is 3.17. The summed E-state index contributed by atoms with van der Waals surface area (Å²) in [5.74, 6) is 0.223. The molecule has 0 bridgehead atoms. The molecule has 0 atom stereocenters. The van der Waals surface area contributed by atoms with Crippen LogP contribution in [0.1, 0.15) is 43.2 Å². The van der Waals surface area contributed by atoms with Gasteiger partial charge in [0.2, 0.25) is 5.91 Å². The third-order valence-corrected chi connectivity index (χ3v) is 8.09. The standard InChI is InChI=1S/C25H26N4O2S2/c1-5-18-17-11-31-25(3,4)10-16(17)20-21-22(33-23(20)29-18)24(27-13-26-21)32-12-19(30)28-15-8-6-14(2)7-9-15/h6-9,13H,5,10-12H2,1-4H3,(H,28,30). The maximum atomic E-state index is 12.5. The second kappa shape index (κ2) is 8.66. The zero-order chi connectivity index (χ0) is 23.2. The molecule has 0 saturated heterocycles. The van der Waals surface area contributed by atoms with Crippen molar-refractivity contribution in [3.63, 3.8) is 0 Å². The molecule has 1 aliphatic rings. The number of rotatable bonds is 5. The lowest BCUT2D eigenvalue weighted by Crippen LogP contribution is -2.32. The molecule has 1 amide bonds. The van der Waals surface area contributed by atoms with Gasteiger partial charge in [-0.25, -0.2) is 15.0 Å². The predicted molar refractivity (Wildman–Crippen MR) is 135 cm³/mol. The number of benzene rings is 1. The molecule has 1 aromatic carbocycles. The Morgan fingerprint density at radius 2 is 2.00 bits per heavy atom. The fourth-order valence-electron chi connectivity index (χ4n) is 4.22. The highest BCUT2D eigenvalue weighted by Gasteiger charge is 2.31. The number of nitrogens with zero attached hydrogens (tertiary/aromatic N) is 3. The maximum absolute atomic E-state index is 12.5. The summed E-state index contributed by atoms with van der Waals surface area (Å²) in [4.78, 5) is 27.6. The Hall–Kier alpha value is -2.55. The van der Waals surface area contributed by atoms with Crippen molar-refractivity contribution < 1.29 is 9.53 Å². The van der Waals surface area contributed by atoms with Crippen LogP contribution in [0.5, 0.6) is 0 Å². The monoisotopic (exact) mass is 478 g/mol. The summed E-state index contributed by atoms with van der Waals surface area (Å²) in [6.45, 7) is 9.00. The first-order valence-electron chi connectivity index (χ1n) is 11.1. The van der Waals surface area contributed by atoms with Crippen LogP contribution >= 0.6 is 23.1 Å². The number of pyridine rings is 1. The van der Waals surface area contributed by atoms with Gasteiger partial charge in [0.05, 0.1) is 28.2 Å². The van der Waals surface area contributed by atoms with Gasteiger partial charge in [-0.05, 0) is 44.9 Å². The fraction of sp³-hybridized carbons (Fsp3) is 0.360. The molecule has 0 fully saturated rings. The van der Waals surface area contributed by atoms with E-state index in [2.05, 4.69) is 36.1 Å². The molecule has 6 nitrogen and oxygen atoms in total. The molecule has 33 heavy (non-hydrogen) atoms. The highest BCUT2D eigenvalue weighted by molar-refractivity contribution is 8.00. The van der Waals surface area contributed by atoms with Gasteiger partial charge in [-0.3, -0.25) is 4.79 Å². The molecule has 4 heterocycles. The molecule has 0 radical (unpaired) electrons. The van der Waals surface area contributed by atoms with Crippen LogP contribution in [0.2, 0.25) is 0 Å². The molecule has 5 rings (SSSR count). The summed E-state index contributed by atoms with van der Waals surface area (Å²) in [5, 5.41) is 4.89. The third-order valence-electron chi connectivity index (χ3n) is 5.89. The molecule has 1 N–H and O–H groups in total. The van der Waals surface area contributed by atoms with Crippen LogP contribution in [0.15, 0.2) is 35.6 Å². The van der Waals surface area contributed by atoms with E-state index in [1.54, 1.807) is 17.7 Å². The van der Waals surface area contributed by atoms with Crippen molar-refractivity contribution in [1.82, 2.24) is 15.0 Å². The number of thiophene rings is 1. The van der Waals surface area contributed by atoms with Gasteiger partial charge in [-0.2, -0.15) is 0 Å². The quantitative estimate of drug-likeness (QED) is 0.293. The number of thioether (sulfide) groups is 1. The Labute approximate surface area is 201 Å². The van der Waals surface area contributed by atoms with Crippen LogP contribution in [-0.4, -0.2) is 32.2 Å². The molecule has 170 valence electrons. The number of carbonyl (C=O) groups is 1. The Balaban J connectivity index is 1.48. The zero-order valence-corrected chi connectivity index (χ0v) is 20.8. The minimum atomic E-state index is -0.223. The Bertz CT molecular complexity index is 1360. The van der Waals surface area contributed by atoms with Crippen LogP contribution in [0.3, 0.4) is 0 Å². The first-order chi connectivity index (χ1) is 15.8. The van der Waals surface area contributed by atoms with Crippen molar-refractivity contribution in [3.05, 3.63) is 53.0 Å². The predicted octanol–water partition coefficient (Wildman–Crippen LogP) is 5.69. The Morgan fingerprint density at radius 3 is 2.76 bits per heavy atom. The van der Waals surface area contributed by atoms with Gasteiger partial charge < -0.3 is 10.1 Å². The largest absolute Gasteiger partial charge is 0.370 e. The molecule has 3 aromatic heterocycles. The summed E-state index contributed by atoms with van der Waals surface area (Å²) in [7, 11) is 0. The summed E-state index contributed by atoms with van der Waals surface area (Å²) < 4.78 is 7.09. The van der Waals surface area contributed by atoms with Gasteiger partial charge in [0.15, 0.2) is 0 Å². The van der Waals surface area contributed by atoms with Gasteiger partial charge in [-0.1, -0.05) is 36.4 Å². The molecule has 1 aliphatic heterocycles. The number of aryl methyl sites for hydroxylation is 2. The van der Waals surface area contributed by atoms with Gasteiger partial charge in [0.1, 0.15) is 16.2 Å². The summed E-state index contributed by atoms with van der Waals surface area (Å²) >= 11 is 3.06. The number of aromatic nitrogens is 3. The van der Waals surface area contributed by atoms with E-state index in [-0.39, 0.29) is 17.3 Å². The van der Waals surface area contributed by atoms with E-state index in [4.69, 9.17) is 9.72 Å². The van der Waals surface area contributed by atoms with Crippen molar-refractivity contribution in [2.45, 2.75) is 57.8 Å². The molecule has 0 aliphatic carbocycles. The molecular formula is C25H26N4O2S2. The lowest BCUT2D eigenvalue weighted by atomic mass is 9.89. The number of carbonyl (C=O) groups excluding carboxylic acids is 1. The van der Waals surface area contributed by atoms with Gasteiger partial charge >= 0.3 is 0 Å². The zero-order valence-electron chi connectivity index (χ0n) is 19.2. The molecular weight excluding hydrogens is 452 g/mol. The molecule has 0 spiro atoms. The summed E-state index contributed by atoms with van der Waals surface area (Å²) in [5.41, 5.74) is 6.26. The first kappa shape index (κ1) is 22.3. The van der Waals surface area contributed by atoms with Crippen molar-refractivity contribution in [1.29, 1.82) is 0 Å². The van der Waals surface area contributed by atoms with E-state index in [0.29, 0.717) is 6.61 Å².